The Labute approximate surface area is 96.3 Å². The Hall–Kier alpha value is -1.36. The summed E-state index contributed by atoms with van der Waals surface area (Å²) in [5.74, 6) is 2.42. The van der Waals surface area contributed by atoms with Gasteiger partial charge in [-0.15, -0.1) is 0 Å². The van der Waals surface area contributed by atoms with Gasteiger partial charge in [0, 0.05) is 32.2 Å². The molecule has 16 heavy (non-hydrogen) atoms. The minimum absolute atomic E-state index is 0.179. The van der Waals surface area contributed by atoms with Crippen LogP contribution in [0.4, 0.5) is 11.6 Å². The molecular weight excluding hydrogens is 204 g/mol. The summed E-state index contributed by atoms with van der Waals surface area (Å²) in [7, 11) is 1.84. The second-order valence-corrected chi connectivity index (χ2v) is 3.72. The van der Waals surface area contributed by atoms with E-state index < -0.39 is 0 Å². The number of nitrogens with one attached hydrogen (secondary N) is 2. The lowest BCUT2D eigenvalue weighted by molar-refractivity contribution is 0.282. The lowest BCUT2D eigenvalue weighted by Gasteiger charge is -2.14. The van der Waals surface area contributed by atoms with Crippen molar-refractivity contribution in [3.05, 3.63) is 11.9 Å². The first-order valence-corrected chi connectivity index (χ1v) is 5.62. The number of rotatable bonds is 6. The van der Waals surface area contributed by atoms with Gasteiger partial charge >= 0.3 is 0 Å². The molecule has 0 aliphatic rings. The Morgan fingerprint density at radius 1 is 1.38 bits per heavy atom. The second kappa shape index (κ2) is 6.27. The quantitative estimate of drug-likeness (QED) is 0.678. The molecule has 0 radical (unpaired) electrons. The predicted octanol–water partition coefficient (Wildman–Crippen LogP) is 1.26. The van der Waals surface area contributed by atoms with Crippen LogP contribution in [-0.4, -0.2) is 34.8 Å². The van der Waals surface area contributed by atoms with E-state index in [2.05, 4.69) is 20.6 Å². The number of aryl methyl sites for hydroxylation is 1. The van der Waals surface area contributed by atoms with E-state index in [0.29, 0.717) is 6.42 Å². The van der Waals surface area contributed by atoms with Gasteiger partial charge in [0.2, 0.25) is 0 Å². The molecule has 0 bridgehead atoms. The monoisotopic (exact) mass is 224 g/mol. The van der Waals surface area contributed by atoms with Crippen molar-refractivity contribution in [2.24, 2.45) is 0 Å². The summed E-state index contributed by atoms with van der Waals surface area (Å²) in [6, 6.07) is 2.07. The number of anilines is 2. The molecule has 0 saturated carbocycles. The zero-order chi connectivity index (χ0) is 12.0. The zero-order valence-electron chi connectivity index (χ0n) is 10.1. The van der Waals surface area contributed by atoms with Crippen LogP contribution in [0.3, 0.4) is 0 Å². The molecule has 0 aliphatic carbocycles. The highest BCUT2D eigenvalue weighted by Gasteiger charge is 2.05. The first-order valence-electron chi connectivity index (χ1n) is 5.62. The van der Waals surface area contributed by atoms with Crippen LogP contribution in [0.25, 0.3) is 0 Å². The highest BCUT2D eigenvalue weighted by molar-refractivity contribution is 5.47. The van der Waals surface area contributed by atoms with Crippen molar-refractivity contribution in [2.75, 3.05) is 24.3 Å². The summed E-state index contributed by atoms with van der Waals surface area (Å²) in [5, 5.41) is 15.1. The van der Waals surface area contributed by atoms with E-state index in [1.54, 1.807) is 0 Å². The van der Waals surface area contributed by atoms with Gasteiger partial charge in [0.05, 0.1) is 0 Å². The minimum Gasteiger partial charge on any atom is -0.396 e. The number of aliphatic hydroxyl groups excluding tert-OH is 1. The average molecular weight is 224 g/mol. The number of hydrogen-bond acceptors (Lipinski definition) is 5. The van der Waals surface area contributed by atoms with Crippen LogP contribution in [-0.2, 0) is 6.42 Å². The fourth-order valence-electron chi connectivity index (χ4n) is 1.38. The molecule has 5 heteroatoms. The Bertz CT molecular complexity index is 308. The van der Waals surface area contributed by atoms with Crippen molar-refractivity contribution in [1.82, 2.24) is 9.97 Å². The molecular formula is C11H20N4O. The smallest absolute Gasteiger partial charge is 0.132 e. The SMILES string of the molecule is CCc1nc(NC)cc(NC(C)CCO)n1. The molecule has 90 valence electrons. The third kappa shape index (κ3) is 3.66. The van der Waals surface area contributed by atoms with Crippen LogP contribution in [0.5, 0.6) is 0 Å². The minimum atomic E-state index is 0.179. The molecule has 0 saturated heterocycles. The van der Waals surface area contributed by atoms with Crippen molar-refractivity contribution < 1.29 is 5.11 Å². The van der Waals surface area contributed by atoms with Gasteiger partial charge in [0.15, 0.2) is 0 Å². The van der Waals surface area contributed by atoms with E-state index >= 15 is 0 Å². The van der Waals surface area contributed by atoms with Crippen molar-refractivity contribution in [2.45, 2.75) is 32.7 Å². The summed E-state index contributed by atoms with van der Waals surface area (Å²) >= 11 is 0. The molecule has 1 unspecified atom stereocenters. The molecule has 0 spiro atoms. The summed E-state index contributed by atoms with van der Waals surface area (Å²) in [6.07, 6.45) is 1.51. The Kier molecular flexibility index (Phi) is 4.98. The molecule has 1 heterocycles. The molecule has 3 N–H and O–H groups in total. The maximum atomic E-state index is 8.83. The van der Waals surface area contributed by atoms with Crippen molar-refractivity contribution >= 4 is 11.6 Å². The van der Waals surface area contributed by atoms with Crippen LogP contribution in [0.15, 0.2) is 6.07 Å². The van der Waals surface area contributed by atoms with Crippen LogP contribution in [0, 0.1) is 0 Å². The van der Waals surface area contributed by atoms with Gasteiger partial charge in [-0.25, -0.2) is 9.97 Å². The molecule has 1 aromatic heterocycles. The Morgan fingerprint density at radius 2 is 2.06 bits per heavy atom. The predicted molar refractivity (Wildman–Crippen MR) is 65.7 cm³/mol. The number of hydrogen-bond donors (Lipinski definition) is 3. The van der Waals surface area contributed by atoms with Gasteiger partial charge in [-0.2, -0.15) is 0 Å². The van der Waals surface area contributed by atoms with Crippen LogP contribution in [0.2, 0.25) is 0 Å². The third-order valence-corrected chi connectivity index (χ3v) is 2.30. The number of aliphatic hydroxyl groups is 1. The molecule has 1 rings (SSSR count). The van der Waals surface area contributed by atoms with Crippen molar-refractivity contribution in [3.63, 3.8) is 0 Å². The maximum absolute atomic E-state index is 8.83. The third-order valence-electron chi connectivity index (χ3n) is 2.30. The van der Waals surface area contributed by atoms with Crippen LogP contribution >= 0.6 is 0 Å². The summed E-state index contributed by atoms with van der Waals surface area (Å²) in [5.41, 5.74) is 0. The summed E-state index contributed by atoms with van der Waals surface area (Å²) in [6.45, 7) is 4.22. The zero-order valence-corrected chi connectivity index (χ0v) is 10.1. The molecule has 1 atom stereocenters. The van der Waals surface area contributed by atoms with Gasteiger partial charge in [-0.05, 0) is 13.3 Å². The van der Waals surface area contributed by atoms with Gasteiger partial charge in [0.25, 0.3) is 0 Å². The van der Waals surface area contributed by atoms with E-state index in [4.69, 9.17) is 5.11 Å². The first kappa shape index (κ1) is 12.7. The molecule has 0 fully saturated rings. The molecule has 5 nitrogen and oxygen atoms in total. The highest BCUT2D eigenvalue weighted by Crippen LogP contribution is 2.12. The number of nitrogens with zero attached hydrogens (tertiary/aromatic N) is 2. The normalized spacial score (nSPS) is 12.2. The lowest BCUT2D eigenvalue weighted by Crippen LogP contribution is -2.18. The van der Waals surface area contributed by atoms with Gasteiger partial charge in [-0.1, -0.05) is 6.92 Å². The standard InChI is InChI=1S/C11H20N4O/c1-4-9-14-10(12-3)7-11(15-9)13-8(2)5-6-16/h7-8,16H,4-6H2,1-3H3,(H2,12,13,14,15). The van der Waals surface area contributed by atoms with E-state index in [0.717, 1.165) is 23.9 Å². The fraction of sp³-hybridized carbons (Fsp3) is 0.636. The largest absolute Gasteiger partial charge is 0.396 e. The topological polar surface area (TPSA) is 70.1 Å². The highest BCUT2D eigenvalue weighted by atomic mass is 16.3. The molecule has 0 aromatic carbocycles. The van der Waals surface area contributed by atoms with Crippen LogP contribution in [0.1, 0.15) is 26.1 Å². The average Bonchev–Trinajstić information content (AvgIpc) is 2.28. The fourth-order valence-corrected chi connectivity index (χ4v) is 1.38. The van der Waals surface area contributed by atoms with E-state index in [9.17, 15) is 0 Å². The molecule has 0 amide bonds. The van der Waals surface area contributed by atoms with Crippen LogP contribution < -0.4 is 10.6 Å². The van der Waals surface area contributed by atoms with Crippen molar-refractivity contribution in [3.8, 4) is 0 Å². The van der Waals surface area contributed by atoms with E-state index in [1.807, 2.05) is 27.0 Å². The summed E-state index contributed by atoms with van der Waals surface area (Å²) < 4.78 is 0. The first-order chi connectivity index (χ1) is 7.69. The van der Waals surface area contributed by atoms with Gasteiger partial charge in [-0.3, -0.25) is 0 Å². The molecule has 0 aliphatic heterocycles. The Morgan fingerprint density at radius 3 is 2.62 bits per heavy atom. The second-order valence-electron chi connectivity index (χ2n) is 3.72. The van der Waals surface area contributed by atoms with Gasteiger partial charge in [0.1, 0.15) is 17.5 Å². The van der Waals surface area contributed by atoms with Gasteiger partial charge < -0.3 is 15.7 Å². The number of aromatic nitrogens is 2. The van der Waals surface area contributed by atoms with E-state index in [1.165, 1.54) is 0 Å². The molecule has 1 aromatic rings. The Balaban J connectivity index is 2.78. The maximum Gasteiger partial charge on any atom is 0.132 e. The van der Waals surface area contributed by atoms with Crippen molar-refractivity contribution in [1.29, 1.82) is 0 Å². The summed E-state index contributed by atoms with van der Waals surface area (Å²) in [4.78, 5) is 8.69. The lowest BCUT2D eigenvalue weighted by atomic mass is 10.2. The van der Waals surface area contributed by atoms with E-state index in [-0.39, 0.29) is 12.6 Å².